The predicted octanol–water partition coefficient (Wildman–Crippen LogP) is 25.3. The van der Waals surface area contributed by atoms with Gasteiger partial charge in [-0.05, 0) is 250 Å². The van der Waals surface area contributed by atoms with E-state index < -0.39 is 5.41 Å². The van der Waals surface area contributed by atoms with E-state index in [2.05, 4.69) is 424 Å². The summed E-state index contributed by atoms with van der Waals surface area (Å²) in [6, 6.07) is 112. The Morgan fingerprint density at radius 3 is 1.29 bits per heavy atom. The average Bonchev–Trinajstić information content (AvgIpc) is 1.68. The molecule has 1 spiro atoms. The summed E-state index contributed by atoms with van der Waals surface area (Å²) in [5.74, 6) is 1.77. The molecule has 20 rings (SSSR count). The first-order valence-electron chi connectivity index (χ1n) is 41.7. The zero-order valence-corrected chi connectivity index (χ0v) is 70.0. The highest BCUT2D eigenvalue weighted by Gasteiger charge is 2.54. The first kappa shape index (κ1) is 72.4. The Bertz CT molecular complexity index is 6300. The van der Waals surface area contributed by atoms with E-state index in [4.69, 9.17) is 4.74 Å². The van der Waals surface area contributed by atoms with Crippen molar-refractivity contribution in [2.75, 3.05) is 14.7 Å². The van der Waals surface area contributed by atoms with Gasteiger partial charge in [0.2, 0.25) is 0 Å². The molecule has 2 aliphatic carbocycles. The second-order valence-corrected chi connectivity index (χ2v) is 39.7. The molecule has 0 saturated carbocycles. The summed E-state index contributed by atoms with van der Waals surface area (Å²) in [5, 5.41) is 0. The Kier molecular flexibility index (Phi) is 15.9. The van der Waals surface area contributed by atoms with Crippen LogP contribution < -0.4 is 52.2 Å². The second-order valence-electron chi connectivity index (χ2n) is 39.7. The molecule has 0 fully saturated rings. The largest absolute Gasteiger partial charge is 0.458 e. The van der Waals surface area contributed by atoms with Gasteiger partial charge in [0.25, 0.3) is 13.4 Å². The molecule has 0 saturated heterocycles. The molecule has 0 N–H and O–H groups in total. The molecule has 0 unspecified atom stereocenters. The van der Waals surface area contributed by atoms with Crippen LogP contribution in [0.1, 0.15) is 180 Å². The SMILES string of the molecule is CC(C)(C)c1cccc(N2c3cc4c(cc3B3c5ccccc5Oc5cc(-c6cc(C(C)(C)C)cc(C(C)(C)C)c6)cc2c53)B2c3ccccc3N(c3cc(C(C)(C)C)cc(C(C)(C)C)c3)c3cc(-c5cccc6c5C5(c7ccccc7-c7ccccc75)c5ccccc5-6)cc(c32)N4c2ccc(C(C)(C)C)cc2-c2ccccc2)c1. The van der Waals surface area contributed by atoms with Gasteiger partial charge in [0.05, 0.1) is 11.1 Å². The van der Waals surface area contributed by atoms with E-state index in [1.54, 1.807) is 0 Å². The van der Waals surface area contributed by atoms with Crippen LogP contribution >= 0.6 is 0 Å². The standard InChI is InChI=1S/C109H101B2N3O/c1-103(2,3)70-36-32-37-76(60-70)112-93-65-94-90(64-89(93)111-88-47-29-31-49-98(88)115-99-57-68(54-97(112)102(99)111)67-52-72(105(7,8)9)58-73(53-67)106(10,11)12)110-87-46-28-30-48-92(87)113(77-61-74(107(13,14)15)59-75(62-77)108(16,17)18)95-55-69(56-96(101(95)110)114(94)91-51-50-71(104(4,5)6)63-83(91)66-34-20-19-21-35-66)78-41-33-42-82-81-40-24-27-45-86(81)109(100(78)82)84-43-25-22-38-79(84)80-39-23-26-44-85(80)109/h19-65H,1-18H3. The summed E-state index contributed by atoms with van der Waals surface area (Å²) in [6.07, 6.45) is 0. The number of benzene rings is 14. The van der Waals surface area contributed by atoms with Gasteiger partial charge in [-0.2, -0.15) is 0 Å². The molecule has 6 heteroatoms. The molecule has 14 aromatic rings. The average molecular weight is 1490 g/mol. The summed E-state index contributed by atoms with van der Waals surface area (Å²) in [5.41, 5.74) is 41.3. The number of hydrogen-bond donors (Lipinski definition) is 0. The number of hydrogen-bond acceptors (Lipinski definition) is 4. The van der Waals surface area contributed by atoms with Crippen molar-refractivity contribution in [2.45, 2.75) is 163 Å². The fraction of sp³-hybridized carbons (Fsp3) is 0.229. The lowest BCUT2D eigenvalue weighted by atomic mass is 9.30. The normalized spacial score (nSPS) is 14.6. The van der Waals surface area contributed by atoms with E-state index in [1.165, 1.54) is 133 Å². The van der Waals surface area contributed by atoms with Crippen molar-refractivity contribution >= 4 is 97.4 Å². The molecule has 115 heavy (non-hydrogen) atoms. The number of nitrogens with zero attached hydrogens (tertiary/aromatic N) is 3. The molecule has 564 valence electrons. The summed E-state index contributed by atoms with van der Waals surface area (Å²) in [4.78, 5) is 8.08. The molecular formula is C109H101B2N3O. The Morgan fingerprint density at radius 1 is 0.235 bits per heavy atom. The minimum Gasteiger partial charge on any atom is -0.458 e. The quantitative estimate of drug-likeness (QED) is 0.154. The number of para-hydroxylation sites is 2. The van der Waals surface area contributed by atoms with Crippen molar-refractivity contribution in [3.63, 3.8) is 0 Å². The van der Waals surface area contributed by atoms with Crippen molar-refractivity contribution < 1.29 is 4.74 Å². The molecular weight excluding hydrogens is 1390 g/mol. The maximum atomic E-state index is 7.53. The van der Waals surface area contributed by atoms with E-state index >= 15 is 0 Å². The van der Waals surface area contributed by atoms with Crippen LogP contribution in [0.5, 0.6) is 11.5 Å². The molecule has 14 aromatic carbocycles. The van der Waals surface area contributed by atoms with Crippen LogP contribution in [0.3, 0.4) is 0 Å². The first-order valence-corrected chi connectivity index (χ1v) is 41.7. The van der Waals surface area contributed by atoms with Crippen molar-refractivity contribution in [1.82, 2.24) is 0 Å². The van der Waals surface area contributed by atoms with Crippen LogP contribution in [0.4, 0.5) is 51.2 Å². The summed E-state index contributed by atoms with van der Waals surface area (Å²) < 4.78 is 7.53. The van der Waals surface area contributed by atoms with Crippen LogP contribution in [0.25, 0.3) is 55.6 Å². The monoisotopic (exact) mass is 1490 g/mol. The number of ether oxygens (including phenoxy) is 1. The Morgan fingerprint density at radius 2 is 0.678 bits per heavy atom. The maximum absolute atomic E-state index is 7.53. The van der Waals surface area contributed by atoms with Gasteiger partial charge in [-0.25, -0.2) is 0 Å². The lowest BCUT2D eigenvalue weighted by Gasteiger charge is -2.47. The Hall–Kier alpha value is -11.6. The van der Waals surface area contributed by atoms with E-state index in [0.29, 0.717) is 0 Å². The second kappa shape index (κ2) is 25.2. The number of fused-ring (bicyclic) bond motifs is 18. The highest BCUT2D eigenvalue weighted by atomic mass is 16.5. The third-order valence-electron chi connectivity index (χ3n) is 26.2. The van der Waals surface area contributed by atoms with Crippen LogP contribution in [-0.2, 0) is 37.9 Å². The van der Waals surface area contributed by atoms with E-state index in [-0.39, 0.29) is 45.9 Å². The fourth-order valence-corrected chi connectivity index (χ4v) is 20.1. The molecule has 0 bridgehead atoms. The van der Waals surface area contributed by atoms with Gasteiger partial charge >= 0.3 is 0 Å². The number of anilines is 9. The lowest BCUT2D eigenvalue weighted by Crippen LogP contribution is -2.64. The third-order valence-corrected chi connectivity index (χ3v) is 26.2. The zero-order chi connectivity index (χ0) is 79.7. The van der Waals surface area contributed by atoms with Gasteiger partial charge in [0.1, 0.15) is 11.5 Å². The summed E-state index contributed by atoms with van der Waals surface area (Å²) >= 11 is 0. The molecule has 0 radical (unpaired) electrons. The summed E-state index contributed by atoms with van der Waals surface area (Å²) in [7, 11) is 0. The lowest BCUT2D eigenvalue weighted by molar-refractivity contribution is 0.487. The van der Waals surface area contributed by atoms with E-state index in [9.17, 15) is 0 Å². The van der Waals surface area contributed by atoms with Gasteiger partial charge in [-0.1, -0.05) is 331 Å². The Labute approximate surface area is 682 Å². The maximum Gasteiger partial charge on any atom is 0.256 e. The minimum atomic E-state index is -0.633. The fourth-order valence-electron chi connectivity index (χ4n) is 20.1. The van der Waals surface area contributed by atoms with Crippen LogP contribution in [-0.4, -0.2) is 13.4 Å². The summed E-state index contributed by atoms with van der Waals surface area (Å²) in [6.45, 7) is 42.0. The highest BCUT2D eigenvalue weighted by Crippen LogP contribution is 2.65. The third kappa shape index (κ3) is 11.1. The smallest absolute Gasteiger partial charge is 0.256 e. The molecule has 4 aliphatic heterocycles. The highest BCUT2D eigenvalue weighted by molar-refractivity contribution is 7.02. The molecule has 4 nitrogen and oxygen atoms in total. The van der Waals surface area contributed by atoms with Gasteiger partial charge in [-0.3, -0.25) is 0 Å². The van der Waals surface area contributed by atoms with Gasteiger partial charge < -0.3 is 19.4 Å². The van der Waals surface area contributed by atoms with Crippen LogP contribution in [0, 0.1) is 0 Å². The van der Waals surface area contributed by atoms with Gasteiger partial charge in [-0.15, -0.1) is 0 Å². The van der Waals surface area contributed by atoms with Crippen molar-refractivity contribution in [1.29, 1.82) is 0 Å². The minimum absolute atomic E-state index is 0.107. The topological polar surface area (TPSA) is 19.0 Å². The van der Waals surface area contributed by atoms with Crippen molar-refractivity contribution in [2.24, 2.45) is 0 Å². The van der Waals surface area contributed by atoms with E-state index in [0.717, 1.165) is 73.5 Å². The molecule has 0 aromatic heterocycles. The molecule has 4 heterocycles. The van der Waals surface area contributed by atoms with Crippen molar-refractivity contribution in [3.8, 4) is 67.1 Å². The predicted molar refractivity (Wildman–Crippen MR) is 491 cm³/mol. The number of rotatable bonds is 6. The molecule has 0 atom stereocenters. The van der Waals surface area contributed by atoms with Crippen LogP contribution in [0.2, 0.25) is 0 Å². The van der Waals surface area contributed by atoms with Crippen LogP contribution in [0.15, 0.2) is 285 Å². The molecule has 0 amide bonds. The molecule has 6 aliphatic rings. The Balaban J connectivity index is 0.954. The van der Waals surface area contributed by atoms with Crippen molar-refractivity contribution in [3.05, 3.63) is 341 Å². The van der Waals surface area contributed by atoms with E-state index in [1.807, 2.05) is 0 Å². The van der Waals surface area contributed by atoms with Gasteiger partial charge in [0, 0.05) is 51.1 Å². The first-order chi connectivity index (χ1) is 54.8. The van der Waals surface area contributed by atoms with Gasteiger partial charge in [0.15, 0.2) is 0 Å². The zero-order valence-electron chi connectivity index (χ0n) is 70.0.